The van der Waals surface area contributed by atoms with E-state index in [0.29, 0.717) is 23.4 Å². The molecule has 0 saturated carbocycles. The molecule has 0 unspecified atom stereocenters. The van der Waals surface area contributed by atoms with Crippen molar-refractivity contribution in [2.24, 2.45) is 0 Å². The topological polar surface area (TPSA) is 78.1 Å². The summed E-state index contributed by atoms with van der Waals surface area (Å²) < 4.78 is 0. The van der Waals surface area contributed by atoms with Gasteiger partial charge in [0, 0.05) is 42.0 Å². The van der Waals surface area contributed by atoms with E-state index in [1.54, 1.807) is 18.1 Å². The van der Waals surface area contributed by atoms with Gasteiger partial charge in [0.05, 0.1) is 5.57 Å². The van der Waals surface area contributed by atoms with Crippen molar-refractivity contribution in [1.82, 2.24) is 20.4 Å². The molecule has 0 saturated heterocycles. The van der Waals surface area contributed by atoms with Gasteiger partial charge in [-0.2, -0.15) is 5.10 Å². The van der Waals surface area contributed by atoms with E-state index in [-0.39, 0.29) is 17.2 Å². The number of H-pyrrole nitrogens is 1. The van der Waals surface area contributed by atoms with Crippen LogP contribution in [0.4, 0.5) is 0 Å². The van der Waals surface area contributed by atoms with Crippen LogP contribution in [0.3, 0.4) is 0 Å². The van der Waals surface area contributed by atoms with Crippen LogP contribution in [-0.4, -0.2) is 40.5 Å². The highest BCUT2D eigenvalue weighted by Crippen LogP contribution is 2.36. The number of fused-ring (bicyclic) bond motifs is 1. The standard InChI is InChI=1S/C20H24N4O2/c1-12-6-8-14(9-7-12)19(26)24-10-15(18(25)21-5)17-16(13(2)22-23-17)20(3,4)11-24/h6-10H,11H2,1-5H3,(H,21,25)(H,22,23). The van der Waals surface area contributed by atoms with Crippen molar-refractivity contribution in [3.05, 3.63) is 58.5 Å². The molecule has 1 aromatic heterocycles. The van der Waals surface area contributed by atoms with E-state index >= 15 is 0 Å². The molecular formula is C20H24N4O2. The Morgan fingerprint density at radius 3 is 2.46 bits per heavy atom. The van der Waals surface area contributed by atoms with Gasteiger partial charge in [-0.05, 0) is 26.0 Å². The molecule has 0 radical (unpaired) electrons. The van der Waals surface area contributed by atoms with E-state index in [9.17, 15) is 9.59 Å². The van der Waals surface area contributed by atoms with E-state index in [4.69, 9.17) is 0 Å². The number of nitrogens with zero attached hydrogens (tertiary/aromatic N) is 2. The maximum atomic E-state index is 13.1. The molecule has 2 amide bonds. The summed E-state index contributed by atoms with van der Waals surface area (Å²) in [6, 6.07) is 7.45. The van der Waals surface area contributed by atoms with Crippen LogP contribution in [-0.2, 0) is 10.2 Å². The first-order chi connectivity index (χ1) is 12.2. The number of aryl methyl sites for hydroxylation is 2. The van der Waals surface area contributed by atoms with Crippen molar-refractivity contribution in [1.29, 1.82) is 0 Å². The Labute approximate surface area is 153 Å². The van der Waals surface area contributed by atoms with Crippen LogP contribution in [0.5, 0.6) is 0 Å². The monoisotopic (exact) mass is 352 g/mol. The number of benzene rings is 1. The zero-order valence-electron chi connectivity index (χ0n) is 15.8. The normalized spacial score (nSPS) is 15.7. The zero-order chi connectivity index (χ0) is 19.1. The van der Waals surface area contributed by atoms with Crippen LogP contribution >= 0.6 is 0 Å². The minimum atomic E-state index is -0.362. The number of aromatic nitrogens is 2. The van der Waals surface area contributed by atoms with Gasteiger partial charge in [0.2, 0.25) is 0 Å². The van der Waals surface area contributed by atoms with Crippen LogP contribution < -0.4 is 5.32 Å². The summed E-state index contributed by atoms with van der Waals surface area (Å²) in [6.07, 6.45) is 1.62. The molecule has 2 N–H and O–H groups in total. The summed E-state index contributed by atoms with van der Waals surface area (Å²) in [7, 11) is 1.57. The van der Waals surface area contributed by atoms with Crippen molar-refractivity contribution in [2.45, 2.75) is 33.1 Å². The molecule has 0 atom stereocenters. The van der Waals surface area contributed by atoms with Gasteiger partial charge in [0.25, 0.3) is 11.8 Å². The number of hydrogen-bond acceptors (Lipinski definition) is 3. The van der Waals surface area contributed by atoms with Crippen molar-refractivity contribution in [2.75, 3.05) is 13.6 Å². The number of carbonyl (C=O) groups is 2. The van der Waals surface area contributed by atoms with Gasteiger partial charge >= 0.3 is 0 Å². The summed E-state index contributed by atoms with van der Waals surface area (Å²) in [5.74, 6) is -0.400. The molecule has 6 nitrogen and oxygen atoms in total. The van der Waals surface area contributed by atoms with E-state index in [1.165, 1.54) is 0 Å². The van der Waals surface area contributed by atoms with Crippen LogP contribution in [0.15, 0.2) is 30.5 Å². The Kier molecular flexibility index (Phi) is 4.44. The zero-order valence-corrected chi connectivity index (χ0v) is 15.8. The van der Waals surface area contributed by atoms with Crippen LogP contribution in [0.1, 0.15) is 46.7 Å². The molecule has 136 valence electrons. The predicted octanol–water partition coefficient (Wildman–Crippen LogP) is 2.55. The highest BCUT2D eigenvalue weighted by Gasteiger charge is 2.37. The molecule has 2 heterocycles. The molecule has 26 heavy (non-hydrogen) atoms. The Bertz CT molecular complexity index is 891. The fourth-order valence-electron chi connectivity index (χ4n) is 3.51. The number of aromatic amines is 1. The summed E-state index contributed by atoms with van der Waals surface area (Å²) >= 11 is 0. The third-order valence-electron chi connectivity index (χ3n) is 4.76. The molecule has 0 bridgehead atoms. The van der Waals surface area contributed by atoms with Crippen LogP contribution in [0, 0.1) is 13.8 Å². The lowest BCUT2D eigenvalue weighted by Gasteiger charge is -2.29. The van der Waals surface area contributed by atoms with Crippen molar-refractivity contribution in [3.63, 3.8) is 0 Å². The Morgan fingerprint density at radius 2 is 1.85 bits per heavy atom. The second kappa shape index (κ2) is 6.44. The van der Waals surface area contributed by atoms with Crippen molar-refractivity contribution in [3.8, 4) is 0 Å². The quantitative estimate of drug-likeness (QED) is 0.872. The second-order valence-electron chi connectivity index (χ2n) is 7.38. The van der Waals surface area contributed by atoms with E-state index in [1.807, 2.05) is 38.1 Å². The number of carbonyl (C=O) groups excluding carboxylic acids is 2. The maximum absolute atomic E-state index is 13.1. The van der Waals surface area contributed by atoms with Gasteiger partial charge in [-0.3, -0.25) is 14.7 Å². The largest absolute Gasteiger partial charge is 0.355 e. The average molecular weight is 352 g/mol. The minimum Gasteiger partial charge on any atom is -0.355 e. The molecule has 1 aliphatic rings. The molecular weight excluding hydrogens is 328 g/mol. The molecule has 3 rings (SSSR count). The van der Waals surface area contributed by atoms with Crippen LogP contribution in [0.25, 0.3) is 5.57 Å². The maximum Gasteiger partial charge on any atom is 0.257 e. The van der Waals surface area contributed by atoms with Gasteiger partial charge in [-0.15, -0.1) is 0 Å². The molecule has 0 fully saturated rings. The fraction of sp³-hybridized carbons (Fsp3) is 0.350. The SMILES string of the molecule is CNC(=O)C1=CN(C(=O)c2ccc(C)cc2)CC(C)(C)c2c1n[nH]c2C. The molecule has 0 spiro atoms. The Hall–Kier alpha value is -2.89. The molecule has 1 aromatic carbocycles. The summed E-state index contributed by atoms with van der Waals surface area (Å²) in [6.45, 7) is 8.49. The molecule has 0 aliphatic carbocycles. The third-order valence-corrected chi connectivity index (χ3v) is 4.76. The van der Waals surface area contributed by atoms with Crippen molar-refractivity contribution >= 4 is 17.4 Å². The Balaban J connectivity index is 2.11. The summed E-state index contributed by atoms with van der Waals surface area (Å²) in [5, 5.41) is 9.98. The minimum absolute atomic E-state index is 0.133. The first kappa shape index (κ1) is 17.9. The number of nitrogens with one attached hydrogen (secondary N) is 2. The van der Waals surface area contributed by atoms with E-state index in [0.717, 1.165) is 16.8 Å². The lowest BCUT2D eigenvalue weighted by Crippen LogP contribution is -2.37. The fourth-order valence-corrected chi connectivity index (χ4v) is 3.51. The number of rotatable bonds is 2. The van der Waals surface area contributed by atoms with Gasteiger partial charge in [0.1, 0.15) is 5.69 Å². The Morgan fingerprint density at radius 1 is 1.19 bits per heavy atom. The van der Waals surface area contributed by atoms with Gasteiger partial charge in [0.15, 0.2) is 0 Å². The molecule has 2 aromatic rings. The number of amides is 2. The van der Waals surface area contributed by atoms with Gasteiger partial charge in [-0.25, -0.2) is 0 Å². The first-order valence-corrected chi connectivity index (χ1v) is 8.62. The predicted molar refractivity (Wildman–Crippen MR) is 101 cm³/mol. The number of likely N-dealkylation sites (N-methyl/N-ethyl adjacent to an activating group) is 1. The lowest BCUT2D eigenvalue weighted by atomic mass is 9.82. The highest BCUT2D eigenvalue weighted by molar-refractivity contribution is 6.20. The highest BCUT2D eigenvalue weighted by atomic mass is 16.2. The van der Waals surface area contributed by atoms with E-state index in [2.05, 4.69) is 29.4 Å². The smallest absolute Gasteiger partial charge is 0.257 e. The summed E-state index contributed by atoms with van der Waals surface area (Å²) in [4.78, 5) is 27.2. The second-order valence-corrected chi connectivity index (χ2v) is 7.38. The van der Waals surface area contributed by atoms with Crippen LogP contribution in [0.2, 0.25) is 0 Å². The molecule has 1 aliphatic heterocycles. The van der Waals surface area contributed by atoms with E-state index < -0.39 is 0 Å². The van der Waals surface area contributed by atoms with Gasteiger partial charge < -0.3 is 10.2 Å². The van der Waals surface area contributed by atoms with Gasteiger partial charge in [-0.1, -0.05) is 31.5 Å². The number of hydrogen-bond donors (Lipinski definition) is 2. The summed E-state index contributed by atoms with van der Waals surface area (Å²) in [5.41, 5.74) is 4.19. The first-order valence-electron chi connectivity index (χ1n) is 8.62. The third kappa shape index (κ3) is 3.03. The average Bonchev–Trinajstić information content (AvgIpc) is 2.94. The lowest BCUT2D eigenvalue weighted by molar-refractivity contribution is -0.115. The van der Waals surface area contributed by atoms with Crippen molar-refractivity contribution < 1.29 is 9.59 Å². The molecule has 6 heteroatoms.